The first-order chi connectivity index (χ1) is 19.0. The molecule has 2 amide bonds. The van der Waals surface area contributed by atoms with Crippen molar-refractivity contribution in [2.75, 3.05) is 23.8 Å². The van der Waals surface area contributed by atoms with Crippen molar-refractivity contribution in [1.29, 1.82) is 0 Å². The van der Waals surface area contributed by atoms with E-state index in [0.717, 1.165) is 11.3 Å². The van der Waals surface area contributed by atoms with Crippen LogP contribution in [0.1, 0.15) is 22.3 Å². The number of thiocarbonyl (C=S) groups is 1. The van der Waals surface area contributed by atoms with Crippen LogP contribution in [0.3, 0.4) is 0 Å². The number of rotatable bonds is 11. The number of hydrogen-bond donors (Lipinski definition) is 3. The highest BCUT2D eigenvalue weighted by atomic mass is 32.1. The smallest absolute Gasteiger partial charge is 0.257 e. The van der Waals surface area contributed by atoms with Gasteiger partial charge in [0.2, 0.25) is 5.91 Å². The second kappa shape index (κ2) is 14.3. The van der Waals surface area contributed by atoms with E-state index in [1.54, 1.807) is 48.5 Å². The van der Waals surface area contributed by atoms with E-state index in [1.165, 1.54) is 0 Å². The molecule has 0 aliphatic carbocycles. The van der Waals surface area contributed by atoms with E-state index in [0.29, 0.717) is 48.7 Å². The standard InChI is InChI=1S/C31H29N3O4S/c35-29(20-11-23-7-3-1-4-8-23)32-25-14-16-26(17-15-25)33-31(39)34-30(36)24-12-18-28(19-13-24)38-22-21-37-27-9-5-2-6-10-27/h1-10,12-19H,11,20-22H2,(H,32,35)(H2,33,34,36,39). The van der Waals surface area contributed by atoms with Crippen LogP contribution in [0, 0.1) is 0 Å². The molecule has 0 fully saturated rings. The minimum atomic E-state index is -0.339. The zero-order chi connectivity index (χ0) is 27.3. The van der Waals surface area contributed by atoms with Crippen molar-refractivity contribution in [3.05, 3.63) is 120 Å². The van der Waals surface area contributed by atoms with Crippen LogP contribution < -0.4 is 25.4 Å². The fourth-order valence-corrected chi connectivity index (χ4v) is 3.85. The maximum Gasteiger partial charge on any atom is 0.257 e. The Morgan fingerprint density at radius 1 is 0.641 bits per heavy atom. The molecule has 0 saturated heterocycles. The predicted octanol–water partition coefficient (Wildman–Crippen LogP) is 5.84. The number of anilines is 2. The quantitative estimate of drug-likeness (QED) is 0.164. The summed E-state index contributed by atoms with van der Waals surface area (Å²) in [6, 6.07) is 33.3. The summed E-state index contributed by atoms with van der Waals surface area (Å²) in [6.45, 7) is 0.790. The van der Waals surface area contributed by atoms with Crippen molar-refractivity contribution in [3.63, 3.8) is 0 Å². The van der Waals surface area contributed by atoms with Gasteiger partial charge in [-0.25, -0.2) is 0 Å². The highest BCUT2D eigenvalue weighted by Crippen LogP contribution is 2.16. The van der Waals surface area contributed by atoms with E-state index in [9.17, 15) is 9.59 Å². The van der Waals surface area contributed by atoms with Gasteiger partial charge in [-0.3, -0.25) is 14.9 Å². The second-order valence-electron chi connectivity index (χ2n) is 8.55. The SMILES string of the molecule is O=C(CCc1ccccc1)Nc1ccc(NC(=S)NC(=O)c2ccc(OCCOc3ccccc3)cc2)cc1. The van der Waals surface area contributed by atoms with Gasteiger partial charge in [-0.2, -0.15) is 0 Å². The molecule has 8 heteroatoms. The van der Waals surface area contributed by atoms with Crippen LogP contribution in [0.15, 0.2) is 109 Å². The fraction of sp³-hybridized carbons (Fsp3) is 0.129. The fourth-order valence-electron chi connectivity index (χ4n) is 3.64. The molecule has 4 aromatic rings. The lowest BCUT2D eigenvalue weighted by Gasteiger charge is -2.11. The molecule has 0 aliphatic rings. The summed E-state index contributed by atoms with van der Waals surface area (Å²) in [5.74, 6) is 1.03. The molecule has 0 spiro atoms. The minimum absolute atomic E-state index is 0.0562. The minimum Gasteiger partial charge on any atom is -0.490 e. The Morgan fingerprint density at radius 2 is 1.18 bits per heavy atom. The van der Waals surface area contributed by atoms with Crippen molar-refractivity contribution in [2.24, 2.45) is 0 Å². The number of carbonyl (C=O) groups is 2. The van der Waals surface area contributed by atoms with Crippen LogP contribution in [0.2, 0.25) is 0 Å². The van der Waals surface area contributed by atoms with Gasteiger partial charge in [-0.1, -0.05) is 48.5 Å². The van der Waals surface area contributed by atoms with E-state index >= 15 is 0 Å². The molecular weight excluding hydrogens is 510 g/mol. The lowest BCUT2D eigenvalue weighted by atomic mass is 10.1. The summed E-state index contributed by atoms with van der Waals surface area (Å²) in [5.41, 5.74) is 2.93. The van der Waals surface area contributed by atoms with Gasteiger partial charge in [0.1, 0.15) is 24.7 Å². The lowest BCUT2D eigenvalue weighted by Crippen LogP contribution is -2.34. The molecule has 0 unspecified atom stereocenters. The normalized spacial score (nSPS) is 10.3. The lowest BCUT2D eigenvalue weighted by molar-refractivity contribution is -0.116. The highest BCUT2D eigenvalue weighted by molar-refractivity contribution is 7.80. The van der Waals surface area contributed by atoms with Gasteiger partial charge < -0.3 is 20.1 Å². The summed E-state index contributed by atoms with van der Waals surface area (Å²) < 4.78 is 11.3. The molecule has 39 heavy (non-hydrogen) atoms. The summed E-state index contributed by atoms with van der Waals surface area (Å²) in [5, 5.41) is 8.69. The molecule has 0 atom stereocenters. The maximum atomic E-state index is 12.6. The number of nitrogens with one attached hydrogen (secondary N) is 3. The molecule has 0 saturated carbocycles. The maximum absolute atomic E-state index is 12.6. The van der Waals surface area contributed by atoms with E-state index in [-0.39, 0.29) is 16.9 Å². The molecule has 198 valence electrons. The van der Waals surface area contributed by atoms with Crippen molar-refractivity contribution in [3.8, 4) is 11.5 Å². The summed E-state index contributed by atoms with van der Waals surface area (Å²) in [7, 11) is 0. The van der Waals surface area contributed by atoms with Gasteiger partial charge in [0, 0.05) is 23.4 Å². The molecule has 7 nitrogen and oxygen atoms in total. The monoisotopic (exact) mass is 539 g/mol. The average molecular weight is 540 g/mol. The third-order valence-electron chi connectivity index (χ3n) is 5.62. The number of benzene rings is 4. The number of amides is 2. The van der Waals surface area contributed by atoms with Gasteiger partial charge in [0.25, 0.3) is 5.91 Å². The van der Waals surface area contributed by atoms with Gasteiger partial charge in [0.05, 0.1) is 0 Å². The third-order valence-corrected chi connectivity index (χ3v) is 5.82. The zero-order valence-corrected chi connectivity index (χ0v) is 22.1. The number of aryl methyl sites for hydroxylation is 1. The van der Waals surface area contributed by atoms with Gasteiger partial charge >= 0.3 is 0 Å². The van der Waals surface area contributed by atoms with Crippen LogP contribution in [-0.4, -0.2) is 30.1 Å². The van der Waals surface area contributed by atoms with Crippen LogP contribution in [0.25, 0.3) is 0 Å². The third kappa shape index (κ3) is 9.28. The molecule has 4 rings (SSSR count). The van der Waals surface area contributed by atoms with Crippen molar-refractivity contribution >= 4 is 40.5 Å². The van der Waals surface area contributed by atoms with Crippen LogP contribution >= 0.6 is 12.2 Å². The molecule has 0 radical (unpaired) electrons. The van der Waals surface area contributed by atoms with E-state index in [4.69, 9.17) is 21.7 Å². The summed E-state index contributed by atoms with van der Waals surface area (Å²) in [6.07, 6.45) is 1.08. The average Bonchev–Trinajstić information content (AvgIpc) is 2.96. The summed E-state index contributed by atoms with van der Waals surface area (Å²) in [4.78, 5) is 24.8. The first kappa shape index (κ1) is 27.3. The number of carbonyl (C=O) groups excluding carboxylic acids is 2. The number of ether oxygens (including phenoxy) is 2. The largest absolute Gasteiger partial charge is 0.490 e. The van der Waals surface area contributed by atoms with Crippen LogP contribution in [0.4, 0.5) is 11.4 Å². The molecule has 0 heterocycles. The molecule has 3 N–H and O–H groups in total. The molecule has 0 aliphatic heterocycles. The topological polar surface area (TPSA) is 88.7 Å². The van der Waals surface area contributed by atoms with E-state index in [2.05, 4.69) is 16.0 Å². The number of para-hydroxylation sites is 1. The van der Waals surface area contributed by atoms with Crippen LogP contribution in [-0.2, 0) is 11.2 Å². The molecule has 0 aromatic heterocycles. The van der Waals surface area contributed by atoms with Gasteiger partial charge in [-0.05, 0) is 84.9 Å². The summed E-state index contributed by atoms with van der Waals surface area (Å²) >= 11 is 5.28. The second-order valence-corrected chi connectivity index (χ2v) is 8.96. The highest BCUT2D eigenvalue weighted by Gasteiger charge is 2.09. The zero-order valence-electron chi connectivity index (χ0n) is 21.3. The molecule has 0 bridgehead atoms. The van der Waals surface area contributed by atoms with Crippen molar-refractivity contribution in [2.45, 2.75) is 12.8 Å². The Balaban J connectivity index is 1.16. The Bertz CT molecular complexity index is 1360. The Labute approximate surface area is 233 Å². The number of hydrogen-bond acceptors (Lipinski definition) is 5. The predicted molar refractivity (Wildman–Crippen MR) is 157 cm³/mol. The van der Waals surface area contributed by atoms with Gasteiger partial charge in [0.15, 0.2) is 5.11 Å². The van der Waals surface area contributed by atoms with E-state index < -0.39 is 0 Å². The van der Waals surface area contributed by atoms with Crippen molar-refractivity contribution < 1.29 is 19.1 Å². The Kier molecular flexibility index (Phi) is 10.0. The molecular formula is C31H29N3O4S. The Hall–Kier alpha value is -4.69. The first-order valence-corrected chi connectivity index (χ1v) is 12.9. The first-order valence-electron chi connectivity index (χ1n) is 12.5. The Morgan fingerprint density at radius 3 is 1.79 bits per heavy atom. The van der Waals surface area contributed by atoms with Gasteiger partial charge in [-0.15, -0.1) is 0 Å². The van der Waals surface area contributed by atoms with E-state index in [1.807, 2.05) is 60.7 Å². The van der Waals surface area contributed by atoms with Crippen molar-refractivity contribution in [1.82, 2.24) is 5.32 Å². The van der Waals surface area contributed by atoms with Crippen LogP contribution in [0.5, 0.6) is 11.5 Å². The molecule has 4 aromatic carbocycles.